The second-order valence-corrected chi connectivity index (χ2v) is 4.49. The molecule has 0 bridgehead atoms. The van der Waals surface area contributed by atoms with Gasteiger partial charge in [-0.05, 0) is 0 Å². The summed E-state index contributed by atoms with van der Waals surface area (Å²) in [6, 6.07) is 0. The van der Waals surface area contributed by atoms with Crippen LogP contribution in [-0.2, 0) is 9.47 Å². The fourth-order valence-corrected chi connectivity index (χ4v) is 2.21. The first-order valence-electron chi connectivity index (χ1n) is 4.48. The molecule has 2 aliphatic heterocycles. The number of likely N-dealkylation sites (tertiary alicyclic amines) is 1. The van der Waals surface area contributed by atoms with Crippen molar-refractivity contribution < 1.29 is 40.5 Å². The number of hydrogen-bond donors (Lipinski definition) is 1. The Morgan fingerprint density at radius 1 is 1.29 bits per heavy atom. The third kappa shape index (κ3) is 2.84. The van der Waals surface area contributed by atoms with Gasteiger partial charge in [0.15, 0.2) is 5.79 Å². The minimum absolute atomic E-state index is 0. The normalized spacial score (nSPS) is 24.8. The summed E-state index contributed by atoms with van der Waals surface area (Å²) in [7, 11) is 0. The zero-order valence-electron chi connectivity index (χ0n) is 9.36. The van der Waals surface area contributed by atoms with E-state index in [2.05, 4.69) is 17.5 Å². The number of thiocarbonyl (C=S) groups is 1. The molecule has 0 aromatic rings. The molecule has 2 saturated heterocycles. The van der Waals surface area contributed by atoms with Gasteiger partial charge in [0.2, 0.25) is 0 Å². The molecule has 2 rings (SSSR count). The van der Waals surface area contributed by atoms with E-state index in [1.165, 1.54) is 0 Å². The van der Waals surface area contributed by atoms with E-state index < -0.39 is 0 Å². The Bertz CT molecular complexity index is 217. The predicted molar refractivity (Wildman–Crippen MR) is 58.1 cm³/mol. The maximum atomic E-state index is 5.59. The first kappa shape index (κ1) is 13.2. The van der Waals surface area contributed by atoms with E-state index in [9.17, 15) is 0 Å². The summed E-state index contributed by atoms with van der Waals surface area (Å²) < 4.78 is 11.9. The Kier molecular flexibility index (Phi) is 5.17. The van der Waals surface area contributed by atoms with Crippen molar-refractivity contribution in [3.63, 3.8) is 0 Å². The van der Waals surface area contributed by atoms with E-state index >= 15 is 0 Å². The van der Waals surface area contributed by atoms with Gasteiger partial charge in [0, 0.05) is 25.9 Å². The summed E-state index contributed by atoms with van der Waals surface area (Å²) in [5.41, 5.74) is 0. The summed E-state index contributed by atoms with van der Waals surface area (Å²) in [5.74, 6) is -0.297. The average molecular weight is 243 g/mol. The third-order valence-corrected chi connectivity index (χ3v) is 3.15. The van der Waals surface area contributed by atoms with Crippen LogP contribution >= 0.6 is 24.8 Å². The molecule has 0 unspecified atom stereocenters. The standard InChI is InChI=1S/C8H13NO2S2.Na.H/c12-7(13)9-3-1-8(2-4-9)10-5-6-11-8;;/h1-6H2,(H,12,13);;/q;+1;-1. The molecule has 2 aliphatic rings. The first-order valence-corrected chi connectivity index (χ1v) is 5.33. The van der Waals surface area contributed by atoms with Crippen LogP contribution in [0, 0.1) is 0 Å². The zero-order valence-corrected chi connectivity index (χ0v) is 12.1. The molecule has 6 heteroatoms. The Hall–Kier alpha value is 1.16. The van der Waals surface area contributed by atoms with Crippen LogP contribution < -0.4 is 29.6 Å². The van der Waals surface area contributed by atoms with Gasteiger partial charge < -0.3 is 15.8 Å². The average Bonchev–Trinajstić information content (AvgIpc) is 2.54. The quantitative estimate of drug-likeness (QED) is 0.306. The molecular formula is C8H14NNaO2S2. The molecule has 0 atom stereocenters. The topological polar surface area (TPSA) is 21.7 Å². The number of ether oxygens (including phenoxy) is 2. The van der Waals surface area contributed by atoms with Crippen LogP contribution in [0.2, 0.25) is 0 Å². The summed E-state index contributed by atoms with van der Waals surface area (Å²) >= 11 is 9.13. The molecule has 0 aromatic heterocycles. The van der Waals surface area contributed by atoms with E-state index in [4.69, 9.17) is 21.7 Å². The fourth-order valence-electron chi connectivity index (χ4n) is 1.82. The molecule has 0 radical (unpaired) electrons. The molecule has 0 saturated carbocycles. The van der Waals surface area contributed by atoms with E-state index in [1.54, 1.807) is 0 Å². The van der Waals surface area contributed by atoms with Crippen molar-refractivity contribution in [1.82, 2.24) is 4.90 Å². The smallest absolute Gasteiger partial charge is 1.00 e. The number of nitrogens with zero attached hydrogens (tertiary/aromatic N) is 1. The summed E-state index contributed by atoms with van der Waals surface area (Å²) in [5, 5.41) is 0. The zero-order chi connectivity index (χ0) is 9.31. The van der Waals surface area contributed by atoms with Crippen molar-refractivity contribution in [3.8, 4) is 0 Å². The SMILES string of the molecule is S=C(S)N1CCC2(CC1)OCCO2.[H-].[Na+]. The second-order valence-electron chi connectivity index (χ2n) is 3.38. The van der Waals surface area contributed by atoms with Gasteiger partial charge >= 0.3 is 29.6 Å². The van der Waals surface area contributed by atoms with Gasteiger partial charge in [-0.1, -0.05) is 12.2 Å². The predicted octanol–water partition coefficient (Wildman–Crippen LogP) is -1.84. The van der Waals surface area contributed by atoms with Crippen LogP contribution in [0.25, 0.3) is 0 Å². The van der Waals surface area contributed by atoms with Gasteiger partial charge in [-0.2, -0.15) is 0 Å². The van der Waals surface area contributed by atoms with Gasteiger partial charge in [0.05, 0.1) is 13.2 Å². The van der Waals surface area contributed by atoms with Crippen molar-refractivity contribution in [1.29, 1.82) is 0 Å². The van der Waals surface area contributed by atoms with E-state index in [0.717, 1.165) is 39.1 Å². The summed E-state index contributed by atoms with van der Waals surface area (Å²) in [6.45, 7) is 3.24. The summed E-state index contributed by atoms with van der Waals surface area (Å²) in [4.78, 5) is 2.08. The van der Waals surface area contributed by atoms with E-state index in [1.807, 2.05) is 0 Å². The first-order chi connectivity index (χ1) is 6.22. The Morgan fingerprint density at radius 3 is 2.21 bits per heavy atom. The van der Waals surface area contributed by atoms with Gasteiger partial charge in [0.1, 0.15) is 4.32 Å². The maximum absolute atomic E-state index is 5.59. The van der Waals surface area contributed by atoms with Gasteiger partial charge in [-0.3, -0.25) is 0 Å². The minimum atomic E-state index is -0.297. The molecule has 2 fully saturated rings. The Labute approximate surface area is 119 Å². The molecule has 0 aromatic carbocycles. The molecular weight excluding hydrogens is 229 g/mol. The van der Waals surface area contributed by atoms with Crippen molar-refractivity contribution in [2.45, 2.75) is 18.6 Å². The third-order valence-electron chi connectivity index (χ3n) is 2.61. The van der Waals surface area contributed by atoms with Crippen molar-refractivity contribution in [2.24, 2.45) is 0 Å². The van der Waals surface area contributed by atoms with Crippen LogP contribution in [0.15, 0.2) is 0 Å². The van der Waals surface area contributed by atoms with E-state index in [-0.39, 0.29) is 36.8 Å². The van der Waals surface area contributed by atoms with Crippen LogP contribution in [0.4, 0.5) is 0 Å². The van der Waals surface area contributed by atoms with Gasteiger partial charge in [-0.15, -0.1) is 12.6 Å². The largest absolute Gasteiger partial charge is 1.00 e. The molecule has 3 nitrogen and oxygen atoms in total. The van der Waals surface area contributed by atoms with Crippen LogP contribution in [0.5, 0.6) is 0 Å². The number of piperidine rings is 1. The summed E-state index contributed by atoms with van der Waals surface area (Å²) in [6.07, 6.45) is 1.79. The molecule has 1 spiro atoms. The van der Waals surface area contributed by atoms with Crippen LogP contribution in [0.3, 0.4) is 0 Å². The van der Waals surface area contributed by atoms with Crippen molar-refractivity contribution in [2.75, 3.05) is 26.3 Å². The molecule has 14 heavy (non-hydrogen) atoms. The molecule has 0 N–H and O–H groups in total. The monoisotopic (exact) mass is 243 g/mol. The van der Waals surface area contributed by atoms with Crippen molar-refractivity contribution >= 4 is 29.2 Å². The molecule has 0 amide bonds. The number of rotatable bonds is 0. The van der Waals surface area contributed by atoms with Crippen molar-refractivity contribution in [3.05, 3.63) is 0 Å². The number of thiol groups is 1. The molecule has 0 aliphatic carbocycles. The van der Waals surface area contributed by atoms with Gasteiger partial charge in [0.25, 0.3) is 0 Å². The fraction of sp³-hybridized carbons (Fsp3) is 0.875. The maximum Gasteiger partial charge on any atom is 1.00 e. The van der Waals surface area contributed by atoms with Gasteiger partial charge in [-0.25, -0.2) is 0 Å². The number of hydrogen-bond acceptors (Lipinski definition) is 3. The van der Waals surface area contributed by atoms with Crippen LogP contribution in [0.1, 0.15) is 14.3 Å². The van der Waals surface area contributed by atoms with E-state index in [0.29, 0.717) is 4.32 Å². The van der Waals surface area contributed by atoms with Crippen LogP contribution in [-0.4, -0.2) is 41.3 Å². The molecule has 76 valence electrons. The Balaban J connectivity index is 0.000000980. The minimum Gasteiger partial charge on any atom is -1.00 e. The second kappa shape index (κ2) is 5.48. The Morgan fingerprint density at radius 2 is 1.79 bits per heavy atom. The molecule has 2 heterocycles.